The van der Waals surface area contributed by atoms with Crippen molar-refractivity contribution in [3.05, 3.63) is 0 Å². The summed E-state index contributed by atoms with van der Waals surface area (Å²) in [7, 11) is 1.66. The zero-order valence-corrected chi connectivity index (χ0v) is 14.5. The van der Waals surface area contributed by atoms with E-state index in [1.807, 2.05) is 4.90 Å². The second-order valence-electron chi connectivity index (χ2n) is 7.43. The van der Waals surface area contributed by atoms with Gasteiger partial charge in [-0.1, -0.05) is 0 Å². The average molecular weight is 327 g/mol. The van der Waals surface area contributed by atoms with Crippen LogP contribution < -0.4 is 11.1 Å². The first-order valence-corrected chi connectivity index (χ1v) is 8.29. The highest BCUT2D eigenvalue weighted by atomic mass is 16.6. The second-order valence-corrected chi connectivity index (χ2v) is 7.43. The standard InChI is InChI=1S/C16H29N3O4/c1-16(2,3)23-15(21)18-11-7-8-19(14(11)20)12-6-5-10(17)9-13(12)22-4/h10-13H,5-9,17H2,1-4H3,(H,18,21)/t10-,11+,12+,13-/m1/s1. The van der Waals surface area contributed by atoms with Crippen molar-refractivity contribution >= 4 is 12.0 Å². The minimum Gasteiger partial charge on any atom is -0.444 e. The molecule has 2 fully saturated rings. The summed E-state index contributed by atoms with van der Waals surface area (Å²) in [5.74, 6) is -0.0571. The van der Waals surface area contributed by atoms with Crippen molar-refractivity contribution in [2.75, 3.05) is 13.7 Å². The molecule has 2 aliphatic rings. The molecule has 1 saturated carbocycles. The number of carbonyl (C=O) groups is 2. The van der Waals surface area contributed by atoms with Gasteiger partial charge < -0.3 is 25.4 Å². The molecule has 1 aliphatic carbocycles. The molecule has 2 rings (SSSR count). The van der Waals surface area contributed by atoms with Crippen molar-refractivity contribution in [3.63, 3.8) is 0 Å². The van der Waals surface area contributed by atoms with Crippen molar-refractivity contribution in [1.82, 2.24) is 10.2 Å². The van der Waals surface area contributed by atoms with Crippen molar-refractivity contribution in [2.45, 2.75) is 76.3 Å². The van der Waals surface area contributed by atoms with Crippen LogP contribution in [0.4, 0.5) is 4.79 Å². The van der Waals surface area contributed by atoms with Crippen molar-refractivity contribution < 1.29 is 19.1 Å². The number of nitrogens with zero attached hydrogens (tertiary/aromatic N) is 1. The topological polar surface area (TPSA) is 93.9 Å². The van der Waals surface area contributed by atoms with Gasteiger partial charge in [0.1, 0.15) is 11.6 Å². The van der Waals surface area contributed by atoms with E-state index in [1.165, 1.54) is 0 Å². The van der Waals surface area contributed by atoms with E-state index >= 15 is 0 Å². The SMILES string of the molecule is CO[C@@H]1C[C@H](N)CC[C@@H]1N1CC[C@H](NC(=O)OC(C)(C)C)C1=O. The number of amides is 2. The number of carbonyl (C=O) groups excluding carboxylic acids is 2. The molecule has 132 valence electrons. The first-order chi connectivity index (χ1) is 10.7. The molecule has 2 amide bonds. The number of likely N-dealkylation sites (tertiary alicyclic amines) is 1. The van der Waals surface area contributed by atoms with Gasteiger partial charge in [0, 0.05) is 19.7 Å². The Morgan fingerprint density at radius 1 is 1.30 bits per heavy atom. The largest absolute Gasteiger partial charge is 0.444 e. The van der Waals surface area contributed by atoms with Crippen LogP contribution >= 0.6 is 0 Å². The van der Waals surface area contributed by atoms with Gasteiger partial charge in [0.2, 0.25) is 5.91 Å². The number of hydrogen-bond donors (Lipinski definition) is 2. The van der Waals surface area contributed by atoms with Crippen LogP contribution in [0, 0.1) is 0 Å². The van der Waals surface area contributed by atoms with Gasteiger partial charge in [0.05, 0.1) is 12.1 Å². The molecule has 4 atom stereocenters. The Bertz CT molecular complexity index is 449. The molecule has 1 heterocycles. The molecule has 1 aliphatic heterocycles. The maximum atomic E-state index is 12.6. The summed E-state index contributed by atoms with van der Waals surface area (Å²) >= 11 is 0. The summed E-state index contributed by atoms with van der Waals surface area (Å²) in [4.78, 5) is 26.3. The smallest absolute Gasteiger partial charge is 0.408 e. The molecule has 0 bridgehead atoms. The summed E-state index contributed by atoms with van der Waals surface area (Å²) in [6.07, 6.45) is 2.49. The lowest BCUT2D eigenvalue weighted by Gasteiger charge is -2.39. The molecular formula is C16H29N3O4. The summed E-state index contributed by atoms with van der Waals surface area (Å²) in [6.45, 7) is 6.01. The minimum atomic E-state index is -0.577. The van der Waals surface area contributed by atoms with E-state index in [1.54, 1.807) is 27.9 Å². The molecule has 3 N–H and O–H groups in total. The molecule has 0 aromatic heterocycles. The lowest BCUT2D eigenvalue weighted by molar-refractivity contribution is -0.135. The van der Waals surface area contributed by atoms with Gasteiger partial charge in [-0.3, -0.25) is 4.79 Å². The van der Waals surface area contributed by atoms with Gasteiger partial charge in [-0.15, -0.1) is 0 Å². The number of methoxy groups -OCH3 is 1. The number of rotatable bonds is 3. The Morgan fingerprint density at radius 2 is 2.00 bits per heavy atom. The van der Waals surface area contributed by atoms with Crippen LogP contribution in [0.3, 0.4) is 0 Å². The predicted octanol–water partition coefficient (Wildman–Crippen LogP) is 1.01. The highest BCUT2D eigenvalue weighted by molar-refractivity contribution is 5.87. The molecular weight excluding hydrogens is 298 g/mol. The van der Waals surface area contributed by atoms with E-state index in [0.29, 0.717) is 13.0 Å². The predicted molar refractivity (Wildman–Crippen MR) is 85.9 cm³/mol. The molecule has 0 aromatic carbocycles. The molecule has 0 unspecified atom stereocenters. The first kappa shape index (κ1) is 18.0. The van der Waals surface area contributed by atoms with Crippen LogP contribution in [0.25, 0.3) is 0 Å². The van der Waals surface area contributed by atoms with Gasteiger partial charge in [0.15, 0.2) is 0 Å². The third-order valence-electron chi connectivity index (χ3n) is 4.43. The maximum absolute atomic E-state index is 12.6. The third kappa shape index (κ3) is 4.57. The van der Waals surface area contributed by atoms with E-state index in [0.717, 1.165) is 19.3 Å². The van der Waals surface area contributed by atoms with Crippen molar-refractivity contribution in [3.8, 4) is 0 Å². The average Bonchev–Trinajstić information content (AvgIpc) is 2.78. The lowest BCUT2D eigenvalue weighted by Crippen LogP contribution is -2.53. The summed E-state index contributed by atoms with van der Waals surface area (Å²) in [5, 5.41) is 2.68. The van der Waals surface area contributed by atoms with Crippen molar-refractivity contribution in [1.29, 1.82) is 0 Å². The number of nitrogens with two attached hydrogens (primary N) is 1. The Kier molecular flexibility index (Phi) is 5.52. The van der Waals surface area contributed by atoms with E-state index in [-0.39, 0.29) is 24.1 Å². The monoisotopic (exact) mass is 327 g/mol. The van der Waals surface area contributed by atoms with E-state index in [4.69, 9.17) is 15.2 Å². The second kappa shape index (κ2) is 7.05. The highest BCUT2D eigenvalue weighted by Gasteiger charge is 2.42. The molecule has 0 spiro atoms. The molecule has 0 aromatic rings. The fraction of sp³-hybridized carbons (Fsp3) is 0.875. The molecule has 7 heteroatoms. The first-order valence-electron chi connectivity index (χ1n) is 8.29. The van der Waals surface area contributed by atoms with E-state index in [9.17, 15) is 9.59 Å². The quantitative estimate of drug-likeness (QED) is 0.807. The van der Waals surface area contributed by atoms with Gasteiger partial charge >= 0.3 is 6.09 Å². The zero-order valence-electron chi connectivity index (χ0n) is 14.5. The fourth-order valence-corrected chi connectivity index (χ4v) is 3.37. The van der Waals surface area contributed by atoms with Gasteiger partial charge in [-0.2, -0.15) is 0 Å². The van der Waals surface area contributed by atoms with Crippen molar-refractivity contribution in [2.24, 2.45) is 5.73 Å². The molecule has 7 nitrogen and oxygen atoms in total. The Balaban J connectivity index is 1.94. The van der Waals surface area contributed by atoms with Gasteiger partial charge in [0.25, 0.3) is 0 Å². The minimum absolute atomic E-state index is 0.0389. The lowest BCUT2D eigenvalue weighted by atomic mass is 9.88. The van der Waals surface area contributed by atoms with Gasteiger partial charge in [-0.05, 0) is 46.5 Å². The van der Waals surface area contributed by atoms with Gasteiger partial charge in [-0.25, -0.2) is 4.79 Å². The summed E-state index contributed by atoms with van der Waals surface area (Å²) in [6, 6.07) is -0.347. The normalized spacial score (nSPS) is 32.0. The molecule has 23 heavy (non-hydrogen) atoms. The van der Waals surface area contributed by atoms with Crippen LogP contribution in [0.5, 0.6) is 0 Å². The Labute approximate surface area is 137 Å². The fourth-order valence-electron chi connectivity index (χ4n) is 3.37. The molecule has 0 radical (unpaired) electrons. The maximum Gasteiger partial charge on any atom is 0.408 e. The van der Waals surface area contributed by atoms with Crippen LogP contribution in [0.15, 0.2) is 0 Å². The van der Waals surface area contributed by atoms with E-state index < -0.39 is 17.7 Å². The summed E-state index contributed by atoms with van der Waals surface area (Å²) < 4.78 is 10.8. The number of hydrogen-bond acceptors (Lipinski definition) is 5. The van der Waals surface area contributed by atoms with E-state index in [2.05, 4.69) is 5.32 Å². The number of alkyl carbamates (subject to hydrolysis) is 1. The highest BCUT2D eigenvalue weighted by Crippen LogP contribution is 2.28. The Hall–Kier alpha value is -1.34. The third-order valence-corrected chi connectivity index (χ3v) is 4.43. The van der Waals surface area contributed by atoms with Crippen LogP contribution in [-0.2, 0) is 14.3 Å². The Morgan fingerprint density at radius 3 is 2.61 bits per heavy atom. The zero-order chi connectivity index (χ0) is 17.2. The molecule has 1 saturated heterocycles. The number of ether oxygens (including phenoxy) is 2. The number of nitrogens with one attached hydrogen (secondary N) is 1. The summed E-state index contributed by atoms with van der Waals surface area (Å²) in [5.41, 5.74) is 5.41. The van der Waals surface area contributed by atoms with Crippen LogP contribution in [-0.4, -0.2) is 60.4 Å². The van der Waals surface area contributed by atoms with Crippen LogP contribution in [0.1, 0.15) is 46.5 Å². The van der Waals surface area contributed by atoms with Crippen LogP contribution in [0.2, 0.25) is 0 Å².